The fourth-order valence-corrected chi connectivity index (χ4v) is 5.77. The van der Waals surface area contributed by atoms with Crippen molar-refractivity contribution in [1.82, 2.24) is 10.6 Å². The van der Waals surface area contributed by atoms with Crippen LogP contribution in [0.5, 0.6) is 0 Å². The number of ether oxygens (including phenoxy) is 2. The lowest BCUT2D eigenvalue weighted by molar-refractivity contribution is -0.178. The van der Waals surface area contributed by atoms with E-state index in [1.807, 2.05) is 55.4 Å². The number of carboxylic acid groups (broad SMARTS) is 1. The van der Waals surface area contributed by atoms with Crippen LogP contribution in [0.4, 0.5) is 0 Å². The fourth-order valence-electron chi connectivity index (χ4n) is 5.77. The largest absolute Gasteiger partial charge is 0.479 e. The van der Waals surface area contributed by atoms with E-state index in [1.54, 1.807) is 0 Å². The zero-order valence-corrected chi connectivity index (χ0v) is 21.3. The minimum atomic E-state index is -2.59. The number of carboxylic acids is 1. The summed E-state index contributed by atoms with van der Waals surface area (Å²) in [4.78, 5) is 36.9. The van der Waals surface area contributed by atoms with Gasteiger partial charge in [-0.05, 0) is 55.4 Å². The highest BCUT2D eigenvalue weighted by molar-refractivity contribution is 5.89. The lowest BCUT2D eigenvalue weighted by atomic mass is 9.81. The zero-order valence-electron chi connectivity index (χ0n) is 21.3. The van der Waals surface area contributed by atoms with E-state index in [-0.39, 0.29) is 22.2 Å². The number of carbonyl (C=O) groups is 3. The van der Waals surface area contributed by atoms with Crippen molar-refractivity contribution in [3.05, 3.63) is 0 Å². The van der Waals surface area contributed by atoms with Crippen LogP contribution >= 0.6 is 0 Å². The van der Waals surface area contributed by atoms with Crippen LogP contribution in [-0.2, 0) is 23.9 Å². The molecule has 9 heteroatoms. The van der Waals surface area contributed by atoms with Crippen molar-refractivity contribution in [3.63, 3.8) is 0 Å². The molecule has 0 aromatic heterocycles. The second kappa shape index (κ2) is 9.15. The first-order valence-electron chi connectivity index (χ1n) is 11.7. The van der Waals surface area contributed by atoms with Crippen LogP contribution in [0, 0.1) is 0 Å². The van der Waals surface area contributed by atoms with Crippen LogP contribution in [0.2, 0.25) is 0 Å². The summed E-state index contributed by atoms with van der Waals surface area (Å²) in [5.41, 5.74) is -3.66. The van der Waals surface area contributed by atoms with Gasteiger partial charge >= 0.3 is 17.9 Å². The van der Waals surface area contributed by atoms with Gasteiger partial charge in [0.25, 0.3) is 0 Å². The Morgan fingerprint density at radius 1 is 0.727 bits per heavy atom. The lowest BCUT2D eigenvalue weighted by Gasteiger charge is -2.46. The lowest BCUT2D eigenvalue weighted by Crippen LogP contribution is -2.60. The summed E-state index contributed by atoms with van der Waals surface area (Å²) in [6, 6.07) is 0. The molecule has 0 spiro atoms. The molecule has 0 radical (unpaired) electrons. The quantitative estimate of drug-likeness (QED) is 0.413. The predicted molar refractivity (Wildman–Crippen MR) is 123 cm³/mol. The molecule has 2 heterocycles. The van der Waals surface area contributed by atoms with E-state index in [4.69, 9.17) is 9.47 Å². The molecule has 2 aliphatic rings. The van der Waals surface area contributed by atoms with E-state index >= 15 is 0 Å². The average Bonchev–Trinajstić information content (AvgIpc) is 2.46. The fraction of sp³-hybridized carbons (Fsp3) is 0.875. The Kier molecular flexibility index (Phi) is 7.63. The maximum absolute atomic E-state index is 12.6. The SMILES string of the molecule is CC1(C)CC(OC(=O)CC(O)(CC(=O)OC2CC(C)(C)NC(C)(C)C2)C(=O)O)CC(C)(C)N1. The average molecular weight is 471 g/mol. The van der Waals surface area contributed by atoms with Crippen LogP contribution in [0.25, 0.3) is 0 Å². The molecule has 0 aliphatic carbocycles. The van der Waals surface area contributed by atoms with Crippen molar-refractivity contribution in [2.24, 2.45) is 0 Å². The molecule has 2 aliphatic heterocycles. The van der Waals surface area contributed by atoms with E-state index in [2.05, 4.69) is 10.6 Å². The van der Waals surface area contributed by atoms with Crippen molar-refractivity contribution in [2.45, 2.75) is 134 Å². The maximum atomic E-state index is 12.6. The van der Waals surface area contributed by atoms with Gasteiger partial charge < -0.3 is 30.3 Å². The summed E-state index contributed by atoms with van der Waals surface area (Å²) in [5, 5.41) is 27.2. The molecule has 0 amide bonds. The first kappa shape index (κ1) is 27.5. The highest BCUT2D eigenvalue weighted by atomic mass is 16.6. The normalized spacial score (nSPS) is 24.6. The van der Waals surface area contributed by atoms with E-state index in [1.165, 1.54) is 0 Å². The van der Waals surface area contributed by atoms with Gasteiger partial charge in [-0.2, -0.15) is 0 Å². The van der Waals surface area contributed by atoms with Crippen molar-refractivity contribution < 1.29 is 34.1 Å². The number of aliphatic carboxylic acids is 1. The first-order chi connectivity index (χ1) is 14.7. The number of rotatable bonds is 7. The molecular formula is C24H42N2O7. The molecule has 33 heavy (non-hydrogen) atoms. The maximum Gasteiger partial charge on any atom is 0.336 e. The van der Waals surface area contributed by atoms with Gasteiger partial charge in [-0.1, -0.05) is 0 Å². The third kappa shape index (κ3) is 8.22. The molecule has 0 unspecified atom stereocenters. The number of hydrogen-bond donors (Lipinski definition) is 4. The number of aliphatic hydroxyl groups is 1. The Labute approximate surface area is 197 Å². The summed E-state index contributed by atoms with van der Waals surface area (Å²) in [7, 11) is 0. The topological polar surface area (TPSA) is 134 Å². The Morgan fingerprint density at radius 2 is 1.00 bits per heavy atom. The Morgan fingerprint density at radius 3 is 1.24 bits per heavy atom. The van der Waals surface area contributed by atoms with Crippen LogP contribution in [0.1, 0.15) is 93.9 Å². The number of hydrogen-bond acceptors (Lipinski definition) is 8. The Balaban J connectivity index is 2.00. The summed E-state index contributed by atoms with van der Waals surface area (Å²) in [5.74, 6) is -3.36. The van der Waals surface area contributed by atoms with Crippen LogP contribution in [0.15, 0.2) is 0 Å². The number of esters is 2. The molecular weight excluding hydrogens is 428 g/mol. The van der Waals surface area contributed by atoms with Gasteiger partial charge in [0.1, 0.15) is 12.2 Å². The van der Waals surface area contributed by atoms with Gasteiger partial charge in [0, 0.05) is 47.8 Å². The number of piperidine rings is 2. The summed E-state index contributed by atoms with van der Waals surface area (Å²) in [6.45, 7) is 16.0. The third-order valence-corrected chi connectivity index (χ3v) is 6.17. The van der Waals surface area contributed by atoms with Gasteiger partial charge in [0.15, 0.2) is 5.60 Å². The third-order valence-electron chi connectivity index (χ3n) is 6.17. The van der Waals surface area contributed by atoms with Gasteiger partial charge in [0.2, 0.25) is 0 Å². The summed E-state index contributed by atoms with van der Waals surface area (Å²) >= 11 is 0. The minimum absolute atomic E-state index is 0.268. The van der Waals surface area contributed by atoms with E-state index in [9.17, 15) is 24.6 Å². The smallest absolute Gasteiger partial charge is 0.336 e. The summed E-state index contributed by atoms with van der Waals surface area (Å²) < 4.78 is 11.1. The van der Waals surface area contributed by atoms with Crippen LogP contribution in [-0.4, -0.2) is 68.1 Å². The molecule has 2 saturated heterocycles. The molecule has 4 N–H and O–H groups in total. The number of nitrogens with one attached hydrogen (secondary N) is 2. The Hall–Kier alpha value is -1.71. The van der Waals surface area contributed by atoms with Gasteiger partial charge in [-0.25, -0.2) is 4.79 Å². The van der Waals surface area contributed by atoms with Gasteiger partial charge in [0.05, 0.1) is 12.8 Å². The number of carbonyl (C=O) groups excluding carboxylic acids is 2. The van der Waals surface area contributed by atoms with Crippen LogP contribution in [0.3, 0.4) is 0 Å². The zero-order chi connectivity index (χ0) is 25.5. The second-order valence-corrected chi connectivity index (χ2v) is 12.5. The van der Waals surface area contributed by atoms with E-state index in [0.717, 1.165) is 0 Å². The van der Waals surface area contributed by atoms with Crippen molar-refractivity contribution in [1.29, 1.82) is 0 Å². The van der Waals surface area contributed by atoms with Crippen LogP contribution < -0.4 is 10.6 Å². The molecule has 0 atom stereocenters. The van der Waals surface area contributed by atoms with Crippen molar-refractivity contribution >= 4 is 17.9 Å². The minimum Gasteiger partial charge on any atom is -0.479 e. The molecule has 2 fully saturated rings. The molecule has 0 aromatic carbocycles. The molecule has 0 aromatic rings. The predicted octanol–water partition coefficient (Wildman–Crippen LogP) is 2.29. The highest BCUT2D eigenvalue weighted by Crippen LogP contribution is 2.33. The van der Waals surface area contributed by atoms with E-state index < -0.39 is 48.6 Å². The molecule has 2 rings (SSSR count). The standard InChI is InChI=1S/C24H42N2O7/c1-20(2)9-15(10-21(3,4)25-20)32-17(27)13-24(31,19(29)30)14-18(28)33-16-11-22(5,6)26-23(7,8)12-16/h15-16,25-26,31H,9-14H2,1-8H3,(H,29,30). The van der Waals surface area contributed by atoms with E-state index in [0.29, 0.717) is 25.7 Å². The molecule has 190 valence electrons. The highest BCUT2D eigenvalue weighted by Gasteiger charge is 2.45. The monoisotopic (exact) mass is 470 g/mol. The first-order valence-corrected chi connectivity index (χ1v) is 11.7. The van der Waals surface area contributed by atoms with Crippen molar-refractivity contribution in [2.75, 3.05) is 0 Å². The van der Waals surface area contributed by atoms with Gasteiger partial charge in [-0.3, -0.25) is 9.59 Å². The molecule has 9 nitrogen and oxygen atoms in total. The molecule has 0 bridgehead atoms. The van der Waals surface area contributed by atoms with Crippen molar-refractivity contribution in [3.8, 4) is 0 Å². The Bertz CT molecular complexity index is 687. The molecule has 0 saturated carbocycles. The second-order valence-electron chi connectivity index (χ2n) is 12.5. The van der Waals surface area contributed by atoms with Gasteiger partial charge in [-0.15, -0.1) is 0 Å². The summed E-state index contributed by atoms with van der Waals surface area (Å²) in [6.07, 6.45) is -0.292.